The Hall–Kier alpha value is -5.89. The van der Waals surface area contributed by atoms with Crippen LogP contribution >= 0.6 is 0 Å². The van der Waals surface area contributed by atoms with Crippen LogP contribution in [0.4, 0.5) is 5.69 Å². The van der Waals surface area contributed by atoms with Crippen LogP contribution in [-0.2, 0) is 79.9 Å². The molecule has 3 aliphatic rings. The molecule has 0 spiro atoms. The van der Waals surface area contributed by atoms with Gasteiger partial charge in [0.15, 0.2) is 6.10 Å². The van der Waals surface area contributed by atoms with Gasteiger partial charge in [-0.3, -0.25) is 43.3 Å². The fourth-order valence-electron chi connectivity index (χ4n) is 8.65. The maximum absolute atomic E-state index is 13.9. The van der Waals surface area contributed by atoms with Crippen LogP contribution in [0.25, 0.3) is 0 Å². The first-order valence-electron chi connectivity index (χ1n) is 25.9. The molecule has 3 aliphatic heterocycles. The molecule has 430 valence electrons. The van der Waals surface area contributed by atoms with E-state index in [1.165, 1.54) is 13.0 Å². The molecule has 24 heteroatoms. The van der Waals surface area contributed by atoms with Crippen molar-refractivity contribution in [1.29, 1.82) is 0 Å². The number of amides is 7. The van der Waals surface area contributed by atoms with E-state index in [-0.39, 0.29) is 56.7 Å². The van der Waals surface area contributed by atoms with Gasteiger partial charge >= 0.3 is 11.9 Å². The highest BCUT2D eigenvalue weighted by atomic mass is 16.6. The number of carboxylic acid groups (broad SMARTS) is 1. The Kier molecular flexibility index (Phi) is 22.8. The van der Waals surface area contributed by atoms with Gasteiger partial charge in [0.2, 0.25) is 29.5 Å². The Bertz CT molecular complexity index is 2310. The van der Waals surface area contributed by atoms with E-state index < -0.39 is 131 Å². The summed E-state index contributed by atoms with van der Waals surface area (Å²) in [4.78, 5) is 120. The highest BCUT2D eigenvalue weighted by Gasteiger charge is 2.48. The Morgan fingerprint density at radius 2 is 1.42 bits per heavy atom. The number of anilines is 1. The van der Waals surface area contributed by atoms with Crippen molar-refractivity contribution in [2.24, 2.45) is 11.3 Å². The molecule has 3 heterocycles. The number of carbonyl (C=O) groups excluding carboxylic acids is 8. The van der Waals surface area contributed by atoms with Gasteiger partial charge in [0.1, 0.15) is 43.0 Å². The van der Waals surface area contributed by atoms with Crippen LogP contribution in [-0.4, -0.2) is 189 Å². The lowest BCUT2D eigenvalue weighted by molar-refractivity contribution is -0.228. The predicted octanol–water partition coefficient (Wildman–Crippen LogP) is 0.645. The molecular weight excluding hydrogens is 1010 g/mol. The van der Waals surface area contributed by atoms with Crippen molar-refractivity contribution in [2.45, 2.75) is 180 Å². The Morgan fingerprint density at radius 3 is 2.01 bits per heavy atom. The number of aliphatic carboxylic acids is 1. The first-order chi connectivity index (χ1) is 35.9. The van der Waals surface area contributed by atoms with Crippen LogP contribution in [0.3, 0.4) is 0 Å². The molecule has 0 aliphatic carbocycles. The van der Waals surface area contributed by atoms with E-state index in [0.29, 0.717) is 37.2 Å². The van der Waals surface area contributed by atoms with Gasteiger partial charge in [-0.15, -0.1) is 0 Å². The summed E-state index contributed by atoms with van der Waals surface area (Å²) in [5, 5.41) is 51.4. The first-order valence-corrected chi connectivity index (χ1v) is 25.9. The zero-order valence-corrected chi connectivity index (χ0v) is 46.0. The molecule has 4 rings (SSSR count). The van der Waals surface area contributed by atoms with Crippen molar-refractivity contribution < 1.29 is 87.3 Å². The number of carboxylic acids is 1. The number of imide groups is 1. The van der Waals surface area contributed by atoms with Crippen molar-refractivity contribution in [1.82, 2.24) is 25.8 Å². The van der Waals surface area contributed by atoms with Gasteiger partial charge in [-0.25, -0.2) is 4.79 Å². The summed E-state index contributed by atoms with van der Waals surface area (Å²) >= 11 is 0. The largest absolute Gasteiger partial charge is 0.479 e. The highest BCUT2D eigenvalue weighted by Crippen LogP contribution is 2.29. The third-order valence-electron chi connectivity index (χ3n) is 13.6. The van der Waals surface area contributed by atoms with E-state index in [1.54, 1.807) is 53.9 Å². The monoisotopic (exact) mass is 1090 g/mol. The molecule has 0 radical (unpaired) electrons. The van der Waals surface area contributed by atoms with Gasteiger partial charge in [0, 0.05) is 44.5 Å². The number of likely N-dealkylation sites (tertiary alicyclic amines) is 1. The number of methoxy groups -OCH3 is 1. The summed E-state index contributed by atoms with van der Waals surface area (Å²) in [6.07, 6.45) is -5.19. The number of esters is 1. The second kappa shape index (κ2) is 27.6. The summed E-state index contributed by atoms with van der Waals surface area (Å²) in [5.41, 5.74) is -0.632. The van der Waals surface area contributed by atoms with Crippen LogP contribution in [0, 0.1) is 11.3 Å². The molecule has 24 nitrogen and oxygen atoms in total. The van der Waals surface area contributed by atoms with Gasteiger partial charge in [-0.05, 0) is 117 Å². The van der Waals surface area contributed by atoms with Crippen LogP contribution in [0.15, 0.2) is 30.4 Å². The molecule has 9 atom stereocenters. The highest BCUT2D eigenvalue weighted by molar-refractivity contribution is 6.15. The molecule has 1 aromatic carbocycles. The zero-order chi connectivity index (χ0) is 57.7. The summed E-state index contributed by atoms with van der Waals surface area (Å²) in [7, 11) is 1.63. The zero-order valence-electron chi connectivity index (χ0n) is 46.0. The van der Waals surface area contributed by atoms with E-state index in [1.807, 2.05) is 27.7 Å². The van der Waals surface area contributed by atoms with E-state index in [0.717, 1.165) is 22.0 Å². The fraction of sp³-hybridized carbons (Fsp3) is 0.679. The third-order valence-corrected chi connectivity index (χ3v) is 13.6. The maximum atomic E-state index is 13.9. The van der Waals surface area contributed by atoms with Crippen molar-refractivity contribution in [3.63, 3.8) is 0 Å². The van der Waals surface area contributed by atoms with Crippen LogP contribution in [0.1, 0.15) is 112 Å². The number of aliphatic hydroxyl groups excluding tert-OH is 3. The number of nitrogens with one attached hydrogen (secondary N) is 4. The van der Waals surface area contributed by atoms with Crippen LogP contribution in [0.2, 0.25) is 0 Å². The average Bonchev–Trinajstić information content (AvgIpc) is 3.83. The molecule has 8 N–H and O–H groups in total. The first kappa shape index (κ1) is 63.6. The van der Waals surface area contributed by atoms with Gasteiger partial charge < -0.3 is 70.3 Å². The number of ether oxygens (including phenoxy) is 5. The van der Waals surface area contributed by atoms with Crippen molar-refractivity contribution >= 4 is 59.0 Å². The minimum Gasteiger partial charge on any atom is -0.479 e. The molecule has 0 bridgehead atoms. The summed E-state index contributed by atoms with van der Waals surface area (Å²) in [6, 6.07) is 0.120. The molecule has 2 fully saturated rings. The topological polar surface area (TPSA) is 335 Å². The van der Waals surface area contributed by atoms with E-state index >= 15 is 0 Å². The van der Waals surface area contributed by atoms with Gasteiger partial charge in [0.05, 0.1) is 48.5 Å². The number of hydrogen-bond donors (Lipinski definition) is 8. The molecular formula is C53H80N6O18. The van der Waals surface area contributed by atoms with E-state index in [2.05, 4.69) is 21.3 Å². The van der Waals surface area contributed by atoms with Crippen molar-refractivity contribution in [2.75, 3.05) is 45.3 Å². The summed E-state index contributed by atoms with van der Waals surface area (Å²) in [5.74, 6) is -7.34. The molecule has 1 unspecified atom stereocenters. The molecule has 0 saturated carbocycles. The van der Waals surface area contributed by atoms with Gasteiger partial charge in [-0.1, -0.05) is 19.9 Å². The predicted molar refractivity (Wildman–Crippen MR) is 275 cm³/mol. The Balaban J connectivity index is 1.40. The third kappa shape index (κ3) is 18.4. The van der Waals surface area contributed by atoms with Gasteiger partial charge in [0.25, 0.3) is 11.8 Å². The lowest BCUT2D eigenvalue weighted by Gasteiger charge is -2.39. The maximum Gasteiger partial charge on any atom is 0.335 e. The lowest BCUT2D eigenvalue weighted by atomic mass is 9.91. The number of benzene rings is 1. The van der Waals surface area contributed by atoms with Crippen LogP contribution in [0.5, 0.6) is 0 Å². The summed E-state index contributed by atoms with van der Waals surface area (Å²) < 4.78 is 28.2. The average molecular weight is 1090 g/mol. The fourth-order valence-corrected chi connectivity index (χ4v) is 8.65. The van der Waals surface area contributed by atoms with E-state index in [9.17, 15) is 63.6 Å². The molecule has 7 amide bonds. The number of aryl methyl sites for hydroxylation is 1. The minimum atomic E-state index is -1.88. The molecule has 0 aromatic heterocycles. The van der Waals surface area contributed by atoms with E-state index in [4.69, 9.17) is 23.7 Å². The SMILES string of the molecule is COCCC(C)(C)OCCC(C)(C)OCCC(=O)NC[C@@H]1C[C@@H](N2C(=O)C=CC2=O)C(=O)N1CC(=O)NC(C(=O)N[C@@H](C)C(=O)Nc1ccc(COC(=O)C(C)(C)C)c(CC[C@@H]2O[C@H](C(=O)O)[C@@H](O)[C@H](O)[C@H]2O)c1)C(C)C. The number of carbonyl (C=O) groups is 9. The molecule has 2 saturated heterocycles. The van der Waals surface area contributed by atoms with Crippen molar-refractivity contribution in [3.8, 4) is 0 Å². The number of nitrogens with zero attached hydrogens (tertiary/aromatic N) is 2. The second-order valence-electron chi connectivity index (χ2n) is 22.3. The van der Waals surface area contributed by atoms with Crippen molar-refractivity contribution in [3.05, 3.63) is 41.5 Å². The number of aliphatic hydroxyl groups is 3. The van der Waals surface area contributed by atoms with Crippen LogP contribution < -0.4 is 21.3 Å². The summed E-state index contributed by atoms with van der Waals surface area (Å²) in [6.45, 7) is 17.5. The molecule has 1 aromatic rings. The normalized spacial score (nSPS) is 22.7. The Labute approximate surface area is 449 Å². The number of hydrogen-bond acceptors (Lipinski definition) is 17. The lowest BCUT2D eigenvalue weighted by Crippen LogP contribution is -2.59. The minimum absolute atomic E-state index is 0.0357. The second-order valence-corrected chi connectivity index (χ2v) is 22.3. The Morgan fingerprint density at radius 1 is 0.792 bits per heavy atom. The standard InChI is InChI=1S/C53H80N6O18/c1-29(2)41(47(68)55-30(3)46(67)56-33-14-12-32(28-74-50(72)51(4,5)6)31(24-33)13-15-36-42(64)43(65)44(66)45(77-36)49(70)71)57-38(61)27-58-34(25-35(48(58)69)59-39(62)16-17-40(59)63)26-54-37(60)18-21-75-53(9,10)20-23-76-52(7,8)19-22-73-11/h12,14,16-17,24,29-30,34-36,41-45,64-66H,13,15,18-23,25-28H2,1-11H3,(H,54,60)(H,55,68)(H,56,67)(H,57,61)(H,70,71)/t30-,34-,35+,36-,41?,42-,43+,44-,45-/m0/s1. The smallest absolute Gasteiger partial charge is 0.335 e. The van der Waals surface area contributed by atoms with Gasteiger partial charge in [-0.2, -0.15) is 0 Å². The molecule has 77 heavy (non-hydrogen) atoms. The quantitative estimate of drug-likeness (QED) is 0.0422. The number of rotatable bonds is 28.